The summed E-state index contributed by atoms with van der Waals surface area (Å²) in [7, 11) is 3.54. The maximum absolute atomic E-state index is 5.58. The molecule has 0 saturated carbocycles. The zero-order chi connectivity index (χ0) is 22.8. The molecule has 33 heavy (non-hydrogen) atoms. The molecule has 2 heterocycles. The molecule has 2 aliphatic rings. The number of rotatable bonds is 9. The van der Waals surface area contributed by atoms with Crippen LogP contribution in [0, 0.1) is 5.92 Å². The monoisotopic (exact) mass is 575 g/mol. The van der Waals surface area contributed by atoms with Crippen molar-refractivity contribution < 1.29 is 14.2 Å². The molecule has 1 aromatic rings. The van der Waals surface area contributed by atoms with E-state index in [1.165, 1.54) is 5.56 Å². The molecule has 0 aromatic heterocycles. The summed E-state index contributed by atoms with van der Waals surface area (Å²) < 4.78 is 16.5. The first-order valence-corrected chi connectivity index (χ1v) is 11.8. The molecular weight excluding hydrogens is 533 g/mol. The van der Waals surface area contributed by atoms with Crippen molar-refractivity contribution in [3.05, 3.63) is 29.8 Å². The Hall–Kier alpha value is -1.14. The van der Waals surface area contributed by atoms with E-state index < -0.39 is 0 Å². The summed E-state index contributed by atoms with van der Waals surface area (Å²) in [6.07, 6.45) is 0. The fraction of sp³-hybridized carbons (Fsp3) is 0.708. The van der Waals surface area contributed by atoms with Crippen molar-refractivity contribution in [1.29, 1.82) is 0 Å². The molecule has 2 fully saturated rings. The van der Waals surface area contributed by atoms with Crippen LogP contribution >= 0.6 is 24.0 Å². The molecule has 0 aliphatic carbocycles. The molecular formula is C24H42IN5O3. The van der Waals surface area contributed by atoms with Gasteiger partial charge in [-0.05, 0) is 23.6 Å². The SMILES string of the molecule is CN=C(NCC(c1ccc(OC)cc1)N1CCOCC1)NCC(C(C)C)N1CCOCC1.I. The van der Waals surface area contributed by atoms with Crippen molar-refractivity contribution in [2.24, 2.45) is 10.9 Å². The largest absolute Gasteiger partial charge is 0.497 e. The average Bonchev–Trinajstić information content (AvgIpc) is 2.84. The van der Waals surface area contributed by atoms with E-state index in [2.05, 4.69) is 51.4 Å². The molecule has 0 amide bonds. The number of aliphatic imine (C=N–C) groups is 1. The van der Waals surface area contributed by atoms with Gasteiger partial charge in [0.15, 0.2) is 5.96 Å². The number of morpholine rings is 2. The number of nitrogens with zero attached hydrogens (tertiary/aromatic N) is 3. The van der Waals surface area contributed by atoms with Gasteiger partial charge >= 0.3 is 0 Å². The summed E-state index contributed by atoms with van der Waals surface area (Å²) in [5.74, 6) is 2.28. The fourth-order valence-corrected chi connectivity index (χ4v) is 4.48. The standard InChI is InChI=1S/C24H41N5O3.HI/c1-19(2)22(28-9-13-31-14-10-28)17-26-24(25-3)27-18-23(29-11-15-32-16-12-29)20-5-7-21(30-4)8-6-20;/h5-8,19,22-23H,9-18H2,1-4H3,(H2,25,26,27);1H. The maximum atomic E-state index is 5.58. The van der Waals surface area contributed by atoms with Gasteiger partial charge in [-0.15, -0.1) is 24.0 Å². The Morgan fingerprint density at radius 2 is 1.48 bits per heavy atom. The number of methoxy groups -OCH3 is 1. The van der Waals surface area contributed by atoms with Crippen LogP contribution in [0.2, 0.25) is 0 Å². The van der Waals surface area contributed by atoms with E-state index in [-0.39, 0.29) is 30.0 Å². The first-order valence-electron chi connectivity index (χ1n) is 11.8. The zero-order valence-corrected chi connectivity index (χ0v) is 22.9. The minimum Gasteiger partial charge on any atom is -0.497 e. The molecule has 9 heteroatoms. The molecule has 188 valence electrons. The Bertz CT molecular complexity index is 692. The molecule has 2 unspecified atom stereocenters. The third-order valence-electron chi connectivity index (χ3n) is 6.44. The van der Waals surface area contributed by atoms with Crippen molar-refractivity contribution >= 4 is 29.9 Å². The second-order valence-corrected chi connectivity index (χ2v) is 8.73. The lowest BCUT2D eigenvalue weighted by atomic mass is 10.0. The van der Waals surface area contributed by atoms with Crippen LogP contribution in [-0.4, -0.2) is 102 Å². The minimum atomic E-state index is 0. The van der Waals surface area contributed by atoms with Crippen molar-refractivity contribution in [3.63, 3.8) is 0 Å². The summed E-state index contributed by atoms with van der Waals surface area (Å²) in [6, 6.07) is 9.07. The highest BCUT2D eigenvalue weighted by Crippen LogP contribution is 2.23. The Kier molecular flexibility index (Phi) is 12.8. The highest BCUT2D eigenvalue weighted by molar-refractivity contribution is 14.0. The van der Waals surface area contributed by atoms with Gasteiger partial charge in [0.05, 0.1) is 39.6 Å². The zero-order valence-electron chi connectivity index (χ0n) is 20.6. The molecule has 0 radical (unpaired) electrons. The molecule has 2 N–H and O–H groups in total. The molecule has 8 nitrogen and oxygen atoms in total. The van der Waals surface area contributed by atoms with E-state index in [0.29, 0.717) is 12.0 Å². The van der Waals surface area contributed by atoms with Crippen LogP contribution in [0.1, 0.15) is 25.5 Å². The van der Waals surface area contributed by atoms with Crippen LogP contribution in [0.15, 0.2) is 29.3 Å². The fourth-order valence-electron chi connectivity index (χ4n) is 4.48. The summed E-state index contributed by atoms with van der Waals surface area (Å²) in [6.45, 7) is 13.2. The van der Waals surface area contributed by atoms with Gasteiger partial charge in [-0.3, -0.25) is 14.8 Å². The molecule has 3 rings (SSSR count). The van der Waals surface area contributed by atoms with E-state index in [9.17, 15) is 0 Å². The highest BCUT2D eigenvalue weighted by atomic mass is 127. The number of hydrogen-bond acceptors (Lipinski definition) is 6. The Morgan fingerprint density at radius 3 is 2.00 bits per heavy atom. The smallest absolute Gasteiger partial charge is 0.191 e. The molecule has 1 aromatic carbocycles. The van der Waals surface area contributed by atoms with Crippen LogP contribution in [0.5, 0.6) is 5.75 Å². The second kappa shape index (κ2) is 15.0. The van der Waals surface area contributed by atoms with Gasteiger partial charge in [0.25, 0.3) is 0 Å². The number of guanidine groups is 1. The van der Waals surface area contributed by atoms with E-state index in [1.807, 2.05) is 19.2 Å². The number of benzene rings is 1. The summed E-state index contributed by atoms with van der Waals surface area (Å²) in [4.78, 5) is 9.50. The van der Waals surface area contributed by atoms with Crippen LogP contribution in [0.25, 0.3) is 0 Å². The number of ether oxygens (including phenoxy) is 3. The topological polar surface area (TPSA) is 70.6 Å². The van der Waals surface area contributed by atoms with Crippen molar-refractivity contribution in [3.8, 4) is 5.75 Å². The summed E-state index contributed by atoms with van der Waals surface area (Å²) in [5.41, 5.74) is 1.27. The first-order chi connectivity index (χ1) is 15.6. The highest BCUT2D eigenvalue weighted by Gasteiger charge is 2.25. The van der Waals surface area contributed by atoms with Gasteiger partial charge < -0.3 is 24.8 Å². The third-order valence-corrected chi connectivity index (χ3v) is 6.44. The van der Waals surface area contributed by atoms with Gasteiger partial charge in [0, 0.05) is 52.4 Å². The van der Waals surface area contributed by atoms with Crippen molar-refractivity contribution in [2.75, 3.05) is 79.9 Å². The normalized spacial score (nSPS) is 20.1. The number of hydrogen-bond donors (Lipinski definition) is 2. The Morgan fingerprint density at radius 1 is 0.939 bits per heavy atom. The lowest BCUT2D eigenvalue weighted by molar-refractivity contribution is 0.00747. The predicted molar refractivity (Wildman–Crippen MR) is 144 cm³/mol. The summed E-state index contributed by atoms with van der Waals surface area (Å²) >= 11 is 0. The van der Waals surface area contributed by atoms with E-state index in [0.717, 1.165) is 77.4 Å². The van der Waals surface area contributed by atoms with E-state index in [4.69, 9.17) is 14.2 Å². The Labute approximate surface area is 216 Å². The Balaban J connectivity index is 0.00000385. The van der Waals surface area contributed by atoms with Crippen LogP contribution in [0.3, 0.4) is 0 Å². The van der Waals surface area contributed by atoms with Crippen LogP contribution in [-0.2, 0) is 9.47 Å². The van der Waals surface area contributed by atoms with Gasteiger partial charge in [-0.1, -0.05) is 26.0 Å². The van der Waals surface area contributed by atoms with E-state index >= 15 is 0 Å². The number of nitrogens with one attached hydrogen (secondary N) is 2. The van der Waals surface area contributed by atoms with Crippen LogP contribution in [0.4, 0.5) is 0 Å². The van der Waals surface area contributed by atoms with E-state index in [1.54, 1.807) is 7.11 Å². The lowest BCUT2D eigenvalue weighted by Gasteiger charge is -2.37. The van der Waals surface area contributed by atoms with Crippen molar-refractivity contribution in [2.45, 2.75) is 25.9 Å². The average molecular weight is 576 g/mol. The minimum absolute atomic E-state index is 0. The molecule has 2 saturated heterocycles. The van der Waals surface area contributed by atoms with Gasteiger partial charge in [-0.25, -0.2) is 0 Å². The quantitative estimate of drug-likeness (QED) is 0.266. The molecule has 0 bridgehead atoms. The van der Waals surface area contributed by atoms with Crippen LogP contribution < -0.4 is 15.4 Å². The second-order valence-electron chi connectivity index (χ2n) is 8.73. The lowest BCUT2D eigenvalue weighted by Crippen LogP contribution is -2.53. The first kappa shape index (κ1) is 28.1. The summed E-state index contributed by atoms with van der Waals surface area (Å²) in [5, 5.41) is 7.14. The maximum Gasteiger partial charge on any atom is 0.191 e. The molecule has 0 spiro atoms. The number of halogens is 1. The van der Waals surface area contributed by atoms with Gasteiger partial charge in [0.2, 0.25) is 0 Å². The van der Waals surface area contributed by atoms with Crippen molar-refractivity contribution in [1.82, 2.24) is 20.4 Å². The van der Waals surface area contributed by atoms with Gasteiger partial charge in [-0.2, -0.15) is 0 Å². The van der Waals surface area contributed by atoms with Gasteiger partial charge in [0.1, 0.15) is 5.75 Å². The molecule has 2 atom stereocenters. The predicted octanol–water partition coefficient (Wildman–Crippen LogP) is 2.21. The molecule has 2 aliphatic heterocycles. The third kappa shape index (κ3) is 8.54.